The van der Waals surface area contributed by atoms with Crippen LogP contribution in [0.1, 0.15) is 6.92 Å². The third-order valence-electron chi connectivity index (χ3n) is 1.03. The smallest absolute Gasteiger partial charge is 0.0625 e. The summed E-state index contributed by atoms with van der Waals surface area (Å²) in [6, 6.07) is 9.87. The molecule has 0 aromatic heterocycles. The van der Waals surface area contributed by atoms with Crippen molar-refractivity contribution in [2.24, 2.45) is 4.99 Å². The van der Waals surface area contributed by atoms with E-state index >= 15 is 0 Å². The Kier molecular flexibility index (Phi) is 2.02. The highest BCUT2D eigenvalue weighted by Crippen LogP contribution is 2.07. The Morgan fingerprint density at radius 3 is 2.44 bits per heavy atom. The second-order valence-electron chi connectivity index (χ2n) is 1.72. The maximum Gasteiger partial charge on any atom is 0.0625 e. The van der Waals surface area contributed by atoms with Gasteiger partial charge >= 0.3 is 0 Å². The van der Waals surface area contributed by atoms with Crippen molar-refractivity contribution in [3.8, 4) is 0 Å². The summed E-state index contributed by atoms with van der Waals surface area (Å²) in [5.41, 5.74) is 1.01. The van der Waals surface area contributed by atoms with Gasteiger partial charge in [0, 0.05) is 6.21 Å². The Morgan fingerprint density at radius 1 is 1.22 bits per heavy atom. The van der Waals surface area contributed by atoms with Crippen LogP contribution < -0.4 is 0 Å². The summed E-state index contributed by atoms with van der Waals surface area (Å²) >= 11 is 0. The molecule has 0 aliphatic rings. The van der Waals surface area contributed by atoms with Crippen molar-refractivity contribution >= 4 is 11.9 Å². The number of nitrogens with zero attached hydrogens (tertiary/aromatic N) is 1. The minimum Gasteiger partial charge on any atom is -0.262 e. The minimum absolute atomic E-state index is 1.01. The van der Waals surface area contributed by atoms with Gasteiger partial charge in [0.15, 0.2) is 0 Å². The van der Waals surface area contributed by atoms with Gasteiger partial charge < -0.3 is 0 Å². The second kappa shape index (κ2) is 3.02. The lowest BCUT2D eigenvalue weighted by molar-refractivity contribution is 1.53. The van der Waals surface area contributed by atoms with Gasteiger partial charge in [-0.05, 0) is 19.1 Å². The second-order valence-corrected chi connectivity index (χ2v) is 1.72. The van der Waals surface area contributed by atoms with Crippen LogP contribution in [0.5, 0.6) is 0 Å². The van der Waals surface area contributed by atoms with Gasteiger partial charge in [0.2, 0.25) is 0 Å². The van der Waals surface area contributed by atoms with Gasteiger partial charge in [-0.15, -0.1) is 0 Å². The lowest BCUT2D eigenvalue weighted by Gasteiger charge is -1.86. The van der Waals surface area contributed by atoms with Crippen LogP contribution in [0.3, 0.4) is 0 Å². The molecular weight excluding hydrogens is 110 g/mol. The monoisotopic (exact) mass is 119 g/mol. The van der Waals surface area contributed by atoms with Gasteiger partial charge in [0.05, 0.1) is 5.69 Å². The summed E-state index contributed by atoms with van der Waals surface area (Å²) in [7, 11) is 0. The number of hydrogen-bond acceptors (Lipinski definition) is 1. The molecule has 0 fully saturated rings. The van der Waals surface area contributed by atoms with Crippen LogP contribution in [0.15, 0.2) is 35.3 Å². The van der Waals surface area contributed by atoms with E-state index in [0.29, 0.717) is 0 Å². The molecule has 0 aliphatic heterocycles. The van der Waals surface area contributed by atoms with E-state index < -0.39 is 0 Å². The molecule has 0 saturated carbocycles. The van der Waals surface area contributed by atoms with Crippen LogP contribution in [0.4, 0.5) is 5.69 Å². The molecule has 0 aliphatic carbocycles. The van der Waals surface area contributed by atoms with E-state index in [-0.39, 0.29) is 0 Å². The largest absolute Gasteiger partial charge is 0.262 e. The SMILES string of the molecule is C/C=N\c1ccccc1. The molecule has 0 spiro atoms. The fourth-order valence-corrected chi connectivity index (χ4v) is 0.663. The Bertz CT molecular complexity index is 189. The van der Waals surface area contributed by atoms with E-state index in [0.717, 1.165) is 5.69 Å². The summed E-state index contributed by atoms with van der Waals surface area (Å²) < 4.78 is 0. The number of rotatable bonds is 1. The number of para-hydroxylation sites is 1. The van der Waals surface area contributed by atoms with Gasteiger partial charge in [0.25, 0.3) is 0 Å². The molecule has 1 aromatic carbocycles. The predicted molar refractivity (Wildman–Crippen MR) is 40.3 cm³/mol. The van der Waals surface area contributed by atoms with Gasteiger partial charge in [-0.3, -0.25) is 4.99 Å². The van der Waals surface area contributed by atoms with Crippen LogP contribution in [-0.4, -0.2) is 6.21 Å². The topological polar surface area (TPSA) is 12.4 Å². The summed E-state index contributed by atoms with van der Waals surface area (Å²) in [6.07, 6.45) is 1.79. The highest BCUT2D eigenvalue weighted by molar-refractivity contribution is 5.59. The summed E-state index contributed by atoms with van der Waals surface area (Å²) in [5, 5.41) is 0. The first-order valence-corrected chi connectivity index (χ1v) is 2.97. The molecule has 1 rings (SSSR count). The van der Waals surface area contributed by atoms with Crippen molar-refractivity contribution in [1.82, 2.24) is 0 Å². The molecule has 46 valence electrons. The molecule has 0 amide bonds. The third-order valence-corrected chi connectivity index (χ3v) is 1.03. The zero-order valence-corrected chi connectivity index (χ0v) is 5.41. The molecule has 0 radical (unpaired) electrons. The Balaban J connectivity index is 2.85. The number of aliphatic imine (C=N–C) groups is 1. The minimum atomic E-state index is 1.01. The van der Waals surface area contributed by atoms with Crippen molar-refractivity contribution in [3.63, 3.8) is 0 Å². The van der Waals surface area contributed by atoms with E-state index in [1.807, 2.05) is 37.3 Å². The lowest BCUT2D eigenvalue weighted by Crippen LogP contribution is -1.61. The van der Waals surface area contributed by atoms with Crippen molar-refractivity contribution in [2.75, 3.05) is 0 Å². The number of benzene rings is 1. The summed E-state index contributed by atoms with van der Waals surface area (Å²) in [6.45, 7) is 1.91. The van der Waals surface area contributed by atoms with Crippen LogP contribution in [0.2, 0.25) is 0 Å². The average molecular weight is 119 g/mol. The standard InChI is InChI=1S/C8H9N/c1-2-9-8-6-4-3-5-7-8/h2-7H,1H3/b9-2-. The average Bonchev–Trinajstić information content (AvgIpc) is 1.91. The fourth-order valence-electron chi connectivity index (χ4n) is 0.663. The van der Waals surface area contributed by atoms with E-state index in [2.05, 4.69) is 4.99 Å². The van der Waals surface area contributed by atoms with Crippen molar-refractivity contribution in [3.05, 3.63) is 30.3 Å². The molecular formula is C8H9N. The molecule has 9 heavy (non-hydrogen) atoms. The van der Waals surface area contributed by atoms with Crippen molar-refractivity contribution in [2.45, 2.75) is 6.92 Å². The first-order chi connectivity index (χ1) is 4.43. The van der Waals surface area contributed by atoms with Gasteiger partial charge in [0.1, 0.15) is 0 Å². The highest BCUT2D eigenvalue weighted by atomic mass is 14.7. The van der Waals surface area contributed by atoms with E-state index in [9.17, 15) is 0 Å². The van der Waals surface area contributed by atoms with Crippen molar-refractivity contribution < 1.29 is 0 Å². The Labute approximate surface area is 55.1 Å². The third kappa shape index (κ3) is 1.68. The molecule has 1 nitrogen and oxygen atoms in total. The number of hydrogen-bond donors (Lipinski definition) is 0. The quantitative estimate of drug-likeness (QED) is 0.503. The first kappa shape index (κ1) is 6.02. The highest BCUT2D eigenvalue weighted by Gasteiger charge is 1.78. The fraction of sp³-hybridized carbons (Fsp3) is 0.125. The normalized spacial score (nSPS) is 10.3. The lowest BCUT2D eigenvalue weighted by atomic mass is 10.3. The van der Waals surface area contributed by atoms with E-state index in [1.54, 1.807) is 6.21 Å². The van der Waals surface area contributed by atoms with Crippen LogP contribution in [-0.2, 0) is 0 Å². The molecule has 0 heterocycles. The molecule has 0 bridgehead atoms. The molecule has 1 heteroatoms. The zero-order valence-electron chi connectivity index (χ0n) is 5.41. The van der Waals surface area contributed by atoms with Crippen LogP contribution in [0, 0.1) is 0 Å². The Hall–Kier alpha value is -1.11. The summed E-state index contributed by atoms with van der Waals surface area (Å²) in [5.74, 6) is 0. The Morgan fingerprint density at radius 2 is 1.89 bits per heavy atom. The van der Waals surface area contributed by atoms with Gasteiger partial charge in [-0.1, -0.05) is 18.2 Å². The first-order valence-electron chi connectivity index (χ1n) is 2.97. The van der Waals surface area contributed by atoms with Gasteiger partial charge in [-0.2, -0.15) is 0 Å². The zero-order chi connectivity index (χ0) is 6.53. The molecule has 0 atom stereocenters. The molecule has 1 aromatic rings. The van der Waals surface area contributed by atoms with Crippen LogP contribution >= 0.6 is 0 Å². The van der Waals surface area contributed by atoms with Crippen molar-refractivity contribution in [1.29, 1.82) is 0 Å². The van der Waals surface area contributed by atoms with E-state index in [1.165, 1.54) is 0 Å². The summed E-state index contributed by atoms with van der Waals surface area (Å²) in [4.78, 5) is 4.08. The predicted octanol–water partition coefficient (Wildman–Crippen LogP) is 2.41. The van der Waals surface area contributed by atoms with Gasteiger partial charge in [-0.25, -0.2) is 0 Å². The maximum absolute atomic E-state index is 4.08. The molecule has 0 saturated heterocycles. The molecule has 0 N–H and O–H groups in total. The van der Waals surface area contributed by atoms with E-state index in [4.69, 9.17) is 0 Å². The maximum atomic E-state index is 4.08. The van der Waals surface area contributed by atoms with Crippen LogP contribution in [0.25, 0.3) is 0 Å². The molecule has 0 unspecified atom stereocenters.